The fourth-order valence-corrected chi connectivity index (χ4v) is 3.49. The minimum atomic E-state index is 0.508. The monoisotopic (exact) mass is 372 g/mol. The van der Waals surface area contributed by atoms with Crippen molar-refractivity contribution in [2.75, 3.05) is 0 Å². The Balaban J connectivity index is 2.37. The van der Waals surface area contributed by atoms with E-state index in [-0.39, 0.29) is 0 Å². The van der Waals surface area contributed by atoms with Gasteiger partial charge in [-0.05, 0) is 45.8 Å². The number of aromatic nitrogens is 1. The van der Waals surface area contributed by atoms with E-state index in [9.17, 15) is 0 Å². The van der Waals surface area contributed by atoms with E-state index in [4.69, 9.17) is 5.73 Å². The zero-order valence-electron chi connectivity index (χ0n) is 8.86. The molecule has 0 fully saturated rings. The van der Waals surface area contributed by atoms with Gasteiger partial charge in [-0.2, -0.15) is 0 Å². The fourth-order valence-electron chi connectivity index (χ4n) is 1.38. The molecule has 88 valence electrons. The van der Waals surface area contributed by atoms with Crippen molar-refractivity contribution in [3.05, 3.63) is 51.0 Å². The Morgan fingerprint density at radius 2 is 1.88 bits per heavy atom. The number of hydrogen-bond donors (Lipinski definition) is 1. The summed E-state index contributed by atoms with van der Waals surface area (Å²) < 4.78 is 2.03. The van der Waals surface area contributed by atoms with Gasteiger partial charge in [-0.15, -0.1) is 0 Å². The molecule has 0 bridgehead atoms. The van der Waals surface area contributed by atoms with Crippen LogP contribution in [0.1, 0.15) is 5.56 Å². The molecule has 0 aliphatic rings. The molecule has 1 aromatic heterocycles. The molecule has 1 heterocycles. The van der Waals surface area contributed by atoms with Gasteiger partial charge in [-0.25, -0.2) is 4.98 Å². The molecule has 2 aromatic rings. The van der Waals surface area contributed by atoms with Gasteiger partial charge in [0.05, 0.1) is 4.47 Å². The third-order valence-electron chi connectivity index (χ3n) is 2.21. The summed E-state index contributed by atoms with van der Waals surface area (Å²) in [6.45, 7) is 0.508. The molecule has 0 radical (unpaired) electrons. The van der Waals surface area contributed by atoms with Crippen molar-refractivity contribution in [2.45, 2.75) is 16.5 Å². The first-order chi connectivity index (χ1) is 8.22. The highest BCUT2D eigenvalue weighted by Crippen LogP contribution is 2.35. The molecule has 17 heavy (non-hydrogen) atoms. The molecule has 0 aliphatic heterocycles. The van der Waals surface area contributed by atoms with E-state index < -0.39 is 0 Å². The number of benzene rings is 1. The third-order valence-corrected chi connectivity index (χ3v) is 4.98. The standard InChI is InChI=1S/C12H10Br2N2S/c13-9-3-1-5-11(8(9)7-15)17-12-10(14)4-2-6-16-12/h1-6H,7,15H2. The van der Waals surface area contributed by atoms with E-state index in [0.717, 1.165) is 24.4 Å². The zero-order valence-corrected chi connectivity index (χ0v) is 12.8. The first kappa shape index (κ1) is 13.1. The molecule has 0 saturated heterocycles. The SMILES string of the molecule is NCc1c(Br)cccc1Sc1ncccc1Br. The molecule has 0 saturated carbocycles. The lowest BCUT2D eigenvalue weighted by Gasteiger charge is -2.09. The highest BCUT2D eigenvalue weighted by molar-refractivity contribution is 9.10. The third kappa shape index (κ3) is 3.10. The smallest absolute Gasteiger partial charge is 0.115 e. The van der Waals surface area contributed by atoms with Crippen molar-refractivity contribution in [2.24, 2.45) is 5.73 Å². The lowest BCUT2D eigenvalue weighted by molar-refractivity contribution is 1.01. The van der Waals surface area contributed by atoms with Gasteiger partial charge in [0.1, 0.15) is 5.03 Å². The Morgan fingerprint density at radius 1 is 1.12 bits per heavy atom. The number of halogens is 2. The molecule has 0 atom stereocenters. The molecule has 0 aliphatic carbocycles. The van der Waals surface area contributed by atoms with Gasteiger partial charge in [0.15, 0.2) is 0 Å². The van der Waals surface area contributed by atoms with E-state index in [0.29, 0.717) is 6.54 Å². The van der Waals surface area contributed by atoms with Crippen molar-refractivity contribution in [3.8, 4) is 0 Å². The van der Waals surface area contributed by atoms with Crippen LogP contribution in [0.3, 0.4) is 0 Å². The van der Waals surface area contributed by atoms with Crippen LogP contribution in [-0.4, -0.2) is 4.98 Å². The van der Waals surface area contributed by atoms with Crippen LogP contribution in [0.4, 0.5) is 0 Å². The minimum absolute atomic E-state index is 0.508. The molecule has 1 aromatic carbocycles. The maximum absolute atomic E-state index is 5.77. The Bertz CT molecular complexity index is 532. The molecule has 5 heteroatoms. The Morgan fingerprint density at radius 3 is 2.59 bits per heavy atom. The second kappa shape index (κ2) is 6.00. The van der Waals surface area contributed by atoms with E-state index in [1.165, 1.54) is 0 Å². The summed E-state index contributed by atoms with van der Waals surface area (Å²) >= 11 is 8.62. The Kier molecular flexibility index (Phi) is 4.62. The van der Waals surface area contributed by atoms with Crippen LogP contribution < -0.4 is 5.73 Å². The maximum Gasteiger partial charge on any atom is 0.115 e. The summed E-state index contributed by atoms with van der Waals surface area (Å²) in [6.07, 6.45) is 1.78. The molecule has 0 spiro atoms. The first-order valence-electron chi connectivity index (χ1n) is 4.98. The molecule has 2 nitrogen and oxygen atoms in total. The summed E-state index contributed by atoms with van der Waals surface area (Å²) in [6, 6.07) is 9.94. The average molecular weight is 374 g/mol. The molecule has 0 unspecified atom stereocenters. The van der Waals surface area contributed by atoms with Crippen LogP contribution in [0.2, 0.25) is 0 Å². The lowest BCUT2D eigenvalue weighted by Crippen LogP contribution is -1.99. The van der Waals surface area contributed by atoms with Gasteiger partial charge in [0.2, 0.25) is 0 Å². The average Bonchev–Trinajstić information content (AvgIpc) is 2.32. The minimum Gasteiger partial charge on any atom is -0.326 e. The van der Waals surface area contributed by atoms with Gasteiger partial charge in [0.25, 0.3) is 0 Å². The number of nitrogens with zero attached hydrogens (tertiary/aromatic N) is 1. The van der Waals surface area contributed by atoms with Gasteiger partial charge < -0.3 is 5.73 Å². The Hall–Kier alpha value is -0.360. The molecular formula is C12H10Br2N2S. The quantitative estimate of drug-likeness (QED) is 0.875. The number of rotatable bonds is 3. The highest BCUT2D eigenvalue weighted by atomic mass is 79.9. The predicted octanol–water partition coefficient (Wildman–Crippen LogP) is 4.22. The van der Waals surface area contributed by atoms with E-state index >= 15 is 0 Å². The van der Waals surface area contributed by atoms with Crippen molar-refractivity contribution >= 4 is 43.6 Å². The van der Waals surface area contributed by atoms with E-state index in [2.05, 4.69) is 42.9 Å². The van der Waals surface area contributed by atoms with Crippen LogP contribution in [-0.2, 0) is 6.54 Å². The number of nitrogens with two attached hydrogens (primary N) is 1. The maximum atomic E-state index is 5.77. The van der Waals surface area contributed by atoms with Gasteiger partial charge in [0, 0.05) is 22.1 Å². The molecule has 2 rings (SSSR count). The molecule has 2 N–H and O–H groups in total. The van der Waals surface area contributed by atoms with Crippen LogP contribution in [0.5, 0.6) is 0 Å². The number of pyridine rings is 1. The van der Waals surface area contributed by atoms with Gasteiger partial charge in [-0.3, -0.25) is 0 Å². The van der Waals surface area contributed by atoms with Crippen molar-refractivity contribution < 1.29 is 0 Å². The topological polar surface area (TPSA) is 38.9 Å². The summed E-state index contributed by atoms with van der Waals surface area (Å²) in [7, 11) is 0. The number of hydrogen-bond acceptors (Lipinski definition) is 3. The normalized spacial score (nSPS) is 10.5. The summed E-state index contributed by atoms with van der Waals surface area (Å²) in [4.78, 5) is 5.46. The summed E-state index contributed by atoms with van der Waals surface area (Å²) in [5.41, 5.74) is 6.87. The van der Waals surface area contributed by atoms with Crippen LogP contribution >= 0.6 is 43.6 Å². The van der Waals surface area contributed by atoms with Crippen molar-refractivity contribution in [1.82, 2.24) is 4.98 Å². The molecule has 0 amide bonds. The van der Waals surface area contributed by atoms with E-state index in [1.807, 2.05) is 24.3 Å². The summed E-state index contributed by atoms with van der Waals surface area (Å²) in [5, 5.41) is 0.945. The van der Waals surface area contributed by atoms with Gasteiger partial charge >= 0.3 is 0 Å². The first-order valence-corrected chi connectivity index (χ1v) is 7.38. The fraction of sp³-hybridized carbons (Fsp3) is 0.0833. The molecular weight excluding hydrogens is 364 g/mol. The second-order valence-corrected chi connectivity index (χ2v) is 6.05. The van der Waals surface area contributed by atoms with Crippen LogP contribution in [0.25, 0.3) is 0 Å². The Labute approximate surface area is 121 Å². The lowest BCUT2D eigenvalue weighted by atomic mass is 10.2. The van der Waals surface area contributed by atoms with Crippen LogP contribution in [0, 0.1) is 0 Å². The van der Waals surface area contributed by atoms with E-state index in [1.54, 1.807) is 18.0 Å². The predicted molar refractivity (Wildman–Crippen MR) is 78.1 cm³/mol. The largest absolute Gasteiger partial charge is 0.326 e. The summed E-state index contributed by atoms with van der Waals surface area (Å²) in [5.74, 6) is 0. The highest BCUT2D eigenvalue weighted by Gasteiger charge is 2.09. The van der Waals surface area contributed by atoms with Crippen LogP contribution in [0.15, 0.2) is 55.4 Å². The van der Waals surface area contributed by atoms with Gasteiger partial charge in [-0.1, -0.05) is 33.8 Å². The van der Waals surface area contributed by atoms with Crippen molar-refractivity contribution in [1.29, 1.82) is 0 Å². The zero-order chi connectivity index (χ0) is 12.3. The van der Waals surface area contributed by atoms with Crippen molar-refractivity contribution in [3.63, 3.8) is 0 Å². The second-order valence-electron chi connectivity index (χ2n) is 3.31.